The molecule has 0 unspecified atom stereocenters. The molecule has 0 atom stereocenters. The van der Waals surface area contributed by atoms with Crippen LogP contribution >= 0.6 is 11.6 Å². The number of pyridine rings is 1. The third-order valence-corrected chi connectivity index (χ3v) is 8.16. The third-order valence-electron chi connectivity index (χ3n) is 6.13. The fourth-order valence-corrected chi connectivity index (χ4v) is 5.16. The van der Waals surface area contributed by atoms with Gasteiger partial charge < -0.3 is 24.4 Å². The molecule has 0 bridgehead atoms. The molecule has 2 aromatic carbocycles. The summed E-state index contributed by atoms with van der Waals surface area (Å²) in [6.45, 7) is 1.59. The average Bonchev–Trinajstić information content (AvgIpc) is 3.34. The zero-order valence-electron chi connectivity index (χ0n) is 20.0. The van der Waals surface area contributed by atoms with Gasteiger partial charge in [-0.05, 0) is 42.5 Å². The number of nitrogens with one attached hydrogen (secondary N) is 1. The topological polar surface area (TPSA) is 93.2 Å². The molecule has 1 aromatic heterocycles. The molecule has 2 aliphatic heterocycles. The fraction of sp³-hybridized carbons (Fsp3) is 0.320. The molecule has 1 N–H and O–H groups in total. The van der Waals surface area contributed by atoms with Crippen LogP contribution in [0.15, 0.2) is 59.6 Å². The summed E-state index contributed by atoms with van der Waals surface area (Å²) in [5.41, 5.74) is 1.33. The van der Waals surface area contributed by atoms with Crippen molar-refractivity contribution in [3.63, 3.8) is 0 Å². The summed E-state index contributed by atoms with van der Waals surface area (Å²) in [4.78, 5) is 6.84. The van der Waals surface area contributed by atoms with Crippen molar-refractivity contribution >= 4 is 38.8 Å². The van der Waals surface area contributed by atoms with Crippen molar-refractivity contribution in [3.8, 4) is 17.2 Å². The number of sulfonamides is 1. The van der Waals surface area contributed by atoms with Crippen molar-refractivity contribution in [2.45, 2.75) is 23.8 Å². The number of hydrogen-bond acceptors (Lipinski definition) is 8. The van der Waals surface area contributed by atoms with Gasteiger partial charge in [0, 0.05) is 63.0 Å². The van der Waals surface area contributed by atoms with Crippen LogP contribution in [0.2, 0.25) is 5.02 Å². The average molecular weight is 531 g/mol. The van der Waals surface area contributed by atoms with Crippen LogP contribution in [0.3, 0.4) is 0 Å². The first kappa shape index (κ1) is 24.5. The molecule has 1 fully saturated rings. The van der Waals surface area contributed by atoms with Crippen LogP contribution in [0.4, 0.5) is 17.2 Å². The number of fused-ring (bicyclic) bond motifs is 1. The molecular weight excluding hydrogens is 504 g/mol. The van der Waals surface area contributed by atoms with Gasteiger partial charge in [0.1, 0.15) is 16.7 Å². The maximum Gasteiger partial charge on any atom is 0.244 e. The summed E-state index contributed by atoms with van der Waals surface area (Å²) in [6, 6.07) is 14.5. The minimum atomic E-state index is -3.66. The minimum absolute atomic E-state index is 0.0705. The Morgan fingerprint density at radius 2 is 1.78 bits per heavy atom. The molecule has 1 saturated heterocycles. The van der Waals surface area contributed by atoms with Crippen LogP contribution < -0.4 is 24.4 Å². The number of halogens is 1. The second kappa shape index (κ2) is 10.0. The van der Waals surface area contributed by atoms with Gasteiger partial charge in [0.25, 0.3) is 0 Å². The smallest absolute Gasteiger partial charge is 0.244 e. The summed E-state index contributed by atoms with van der Waals surface area (Å²) in [5, 5.41) is 4.01. The van der Waals surface area contributed by atoms with Crippen LogP contribution in [0, 0.1) is 0 Å². The van der Waals surface area contributed by atoms with Crippen LogP contribution in [0.25, 0.3) is 0 Å². The van der Waals surface area contributed by atoms with Crippen molar-refractivity contribution in [3.05, 3.63) is 59.8 Å². The summed E-state index contributed by atoms with van der Waals surface area (Å²) in [6.07, 6.45) is 3.07. The molecule has 5 rings (SSSR count). The number of piperidine rings is 1. The molecule has 3 heterocycles. The fourth-order valence-electron chi connectivity index (χ4n) is 4.16. The van der Waals surface area contributed by atoms with Crippen LogP contribution in [0.5, 0.6) is 17.2 Å². The number of benzene rings is 2. The van der Waals surface area contributed by atoms with Crippen LogP contribution in [0.1, 0.15) is 12.8 Å². The second-order valence-electron chi connectivity index (χ2n) is 8.78. The first-order valence-corrected chi connectivity index (χ1v) is 13.4. The lowest BCUT2D eigenvalue weighted by molar-refractivity contribution is 0.170. The Morgan fingerprint density at radius 1 is 1.06 bits per heavy atom. The number of hydrogen-bond donors (Lipinski definition) is 1. The molecule has 0 radical (unpaired) electrons. The number of rotatable bonds is 7. The van der Waals surface area contributed by atoms with Gasteiger partial charge in [-0.15, -0.1) is 0 Å². The SMILES string of the molecule is CN(C)S(=O)(=O)c1cnc(N2CCC(Oc3ccc(Cl)cc3)CC2)c(Nc2ccc3c(c2)OCO3)c1. The first-order valence-electron chi connectivity index (χ1n) is 11.6. The highest BCUT2D eigenvalue weighted by Crippen LogP contribution is 2.37. The molecule has 2 aliphatic rings. The lowest BCUT2D eigenvalue weighted by Crippen LogP contribution is -2.39. The molecular formula is C25H27ClN4O5S. The minimum Gasteiger partial charge on any atom is -0.490 e. The van der Waals surface area contributed by atoms with Crippen molar-refractivity contribution in [1.82, 2.24) is 9.29 Å². The number of anilines is 3. The lowest BCUT2D eigenvalue weighted by Gasteiger charge is -2.34. The van der Waals surface area contributed by atoms with E-state index in [1.165, 1.54) is 24.6 Å². The molecule has 11 heteroatoms. The molecule has 0 spiro atoms. The van der Waals surface area contributed by atoms with E-state index in [1.807, 2.05) is 42.5 Å². The van der Waals surface area contributed by atoms with Crippen molar-refractivity contribution in [1.29, 1.82) is 0 Å². The number of aromatic nitrogens is 1. The van der Waals surface area contributed by atoms with Gasteiger partial charge in [0.05, 0.1) is 5.69 Å². The van der Waals surface area contributed by atoms with E-state index in [2.05, 4.69) is 15.2 Å². The molecule has 0 saturated carbocycles. The van der Waals surface area contributed by atoms with Crippen molar-refractivity contribution < 1.29 is 22.6 Å². The Hall–Kier alpha value is -3.21. The Morgan fingerprint density at radius 3 is 2.50 bits per heavy atom. The quantitative estimate of drug-likeness (QED) is 0.477. The van der Waals surface area contributed by atoms with Gasteiger partial charge >= 0.3 is 0 Å². The van der Waals surface area contributed by atoms with E-state index in [4.69, 9.17) is 25.8 Å². The normalized spacial score (nSPS) is 15.8. The standard InChI is InChI=1S/C25H27ClN4O5S/c1-29(2)36(31,32)21-14-22(28-18-5-8-23-24(13-18)34-16-33-23)25(27-15-21)30-11-9-20(10-12-30)35-19-6-3-17(26)4-7-19/h3-8,13-15,20,28H,9-12,16H2,1-2H3. The van der Waals surface area contributed by atoms with Gasteiger partial charge in [-0.2, -0.15) is 0 Å². The highest BCUT2D eigenvalue weighted by molar-refractivity contribution is 7.89. The highest BCUT2D eigenvalue weighted by atomic mass is 35.5. The van der Waals surface area contributed by atoms with E-state index in [0.29, 0.717) is 41.1 Å². The molecule has 0 amide bonds. The predicted molar refractivity (Wildman–Crippen MR) is 138 cm³/mol. The lowest BCUT2D eigenvalue weighted by atomic mass is 10.1. The Kier molecular flexibility index (Phi) is 6.83. The molecule has 0 aliphatic carbocycles. The van der Waals surface area contributed by atoms with Gasteiger partial charge in [0.2, 0.25) is 16.8 Å². The van der Waals surface area contributed by atoms with Gasteiger partial charge in [-0.25, -0.2) is 17.7 Å². The number of ether oxygens (including phenoxy) is 3. The molecule has 190 valence electrons. The Bertz CT molecular complexity index is 1340. The van der Waals surface area contributed by atoms with E-state index in [9.17, 15) is 8.42 Å². The zero-order valence-corrected chi connectivity index (χ0v) is 21.6. The van der Waals surface area contributed by atoms with Crippen LogP contribution in [-0.2, 0) is 10.0 Å². The maximum atomic E-state index is 12.8. The summed E-state index contributed by atoms with van der Waals surface area (Å²) in [5.74, 6) is 2.77. The van der Waals surface area contributed by atoms with Crippen molar-refractivity contribution in [2.24, 2.45) is 0 Å². The monoisotopic (exact) mass is 530 g/mol. The molecule has 36 heavy (non-hydrogen) atoms. The molecule has 3 aromatic rings. The van der Waals surface area contributed by atoms with Crippen molar-refractivity contribution in [2.75, 3.05) is 44.2 Å². The maximum absolute atomic E-state index is 12.8. The summed E-state index contributed by atoms with van der Waals surface area (Å²) in [7, 11) is -0.658. The van der Waals surface area contributed by atoms with E-state index in [-0.39, 0.29) is 17.8 Å². The van der Waals surface area contributed by atoms with Crippen LogP contribution in [-0.4, -0.2) is 57.8 Å². The second-order valence-corrected chi connectivity index (χ2v) is 11.4. The van der Waals surface area contributed by atoms with Gasteiger partial charge in [0.15, 0.2) is 17.3 Å². The predicted octanol–water partition coefficient (Wildman–Crippen LogP) is 4.51. The van der Waals surface area contributed by atoms with Gasteiger partial charge in [-0.3, -0.25) is 0 Å². The summed E-state index contributed by atoms with van der Waals surface area (Å²) >= 11 is 5.97. The van der Waals surface area contributed by atoms with E-state index in [1.54, 1.807) is 6.07 Å². The van der Waals surface area contributed by atoms with E-state index >= 15 is 0 Å². The van der Waals surface area contributed by atoms with E-state index < -0.39 is 10.0 Å². The third kappa shape index (κ3) is 5.16. The summed E-state index contributed by atoms with van der Waals surface area (Å²) < 4.78 is 43.8. The first-order chi connectivity index (χ1) is 17.3. The number of nitrogens with zero attached hydrogens (tertiary/aromatic N) is 3. The molecule has 9 nitrogen and oxygen atoms in total. The largest absolute Gasteiger partial charge is 0.490 e. The highest BCUT2D eigenvalue weighted by Gasteiger charge is 2.26. The zero-order chi connectivity index (χ0) is 25.3. The van der Waals surface area contributed by atoms with E-state index in [0.717, 1.165) is 24.3 Å². The Balaban J connectivity index is 1.38. The Labute approximate surface area is 215 Å². The van der Waals surface area contributed by atoms with Gasteiger partial charge in [-0.1, -0.05) is 11.6 Å².